The normalized spacial score (nSPS) is 16.9. The number of fused-ring (bicyclic) bond motifs is 4. The number of ketones is 1. The van der Waals surface area contributed by atoms with Crippen LogP contribution in [0.5, 0.6) is 11.5 Å². The fourth-order valence-electron chi connectivity index (χ4n) is 4.76. The monoisotopic (exact) mass is 514 g/mol. The highest BCUT2D eigenvalue weighted by Gasteiger charge is 2.48. The molecule has 2 aromatic heterocycles. The number of para-hydroxylation sites is 2. The predicted octanol–water partition coefficient (Wildman–Crippen LogP) is 4.81. The minimum Gasteiger partial charge on any atom is -0.507 e. The van der Waals surface area contributed by atoms with Crippen molar-refractivity contribution in [1.82, 2.24) is 0 Å². The molecule has 3 aromatic carbocycles. The highest BCUT2D eigenvalue weighted by atomic mass is 35.5. The average molecular weight is 515 g/mol. The number of carbonyl (C=O) groups excluding carboxylic acids is 2. The van der Waals surface area contributed by atoms with Crippen molar-refractivity contribution < 1.29 is 28.3 Å². The smallest absolute Gasteiger partial charge is 0.343 e. The van der Waals surface area contributed by atoms with Crippen molar-refractivity contribution in [2.75, 3.05) is 0 Å². The first-order chi connectivity index (χ1) is 17.8. The first-order valence-corrected chi connectivity index (χ1v) is 11.5. The highest BCUT2D eigenvalue weighted by Crippen LogP contribution is 2.44. The molecule has 0 radical (unpaired) electrons. The molecule has 0 saturated carbocycles. The lowest BCUT2D eigenvalue weighted by molar-refractivity contribution is -0.138. The van der Waals surface area contributed by atoms with Gasteiger partial charge in [0, 0.05) is 16.5 Å². The van der Waals surface area contributed by atoms with Crippen LogP contribution in [0.15, 0.2) is 91.4 Å². The van der Waals surface area contributed by atoms with E-state index in [1.165, 1.54) is 42.5 Å². The first-order valence-electron chi connectivity index (χ1n) is 11.2. The summed E-state index contributed by atoms with van der Waals surface area (Å²) in [7, 11) is 0. The van der Waals surface area contributed by atoms with Gasteiger partial charge >= 0.3 is 11.6 Å². The molecule has 0 bridgehead atoms. The van der Waals surface area contributed by atoms with Crippen molar-refractivity contribution in [2.45, 2.75) is 5.92 Å². The summed E-state index contributed by atoms with van der Waals surface area (Å²) >= 11 is 6.10. The second-order valence-electron chi connectivity index (χ2n) is 8.55. The van der Waals surface area contributed by atoms with E-state index in [-0.39, 0.29) is 49.8 Å². The summed E-state index contributed by atoms with van der Waals surface area (Å²) in [6.07, 6.45) is 1.12. The molecule has 0 fully saturated rings. The maximum absolute atomic E-state index is 13.7. The largest absolute Gasteiger partial charge is 0.507 e. The Labute approximate surface area is 212 Å². The fraction of sp³-hybridized carbons (Fsp3) is 0.0714. The van der Waals surface area contributed by atoms with E-state index in [4.69, 9.17) is 25.2 Å². The number of halogens is 1. The van der Waals surface area contributed by atoms with Crippen LogP contribution < -0.4 is 15.8 Å². The maximum atomic E-state index is 13.7. The molecule has 1 aliphatic heterocycles. The van der Waals surface area contributed by atoms with Gasteiger partial charge in [0.2, 0.25) is 0 Å². The molecule has 37 heavy (non-hydrogen) atoms. The highest BCUT2D eigenvalue weighted by molar-refractivity contribution is 6.31. The number of phenolic OH excluding ortho intramolecular Hbond substituents is 1. The predicted molar refractivity (Wildman–Crippen MR) is 133 cm³/mol. The lowest BCUT2D eigenvalue weighted by atomic mass is 9.75. The Morgan fingerprint density at radius 1 is 0.892 bits per heavy atom. The Bertz CT molecular complexity index is 1880. The van der Waals surface area contributed by atoms with Gasteiger partial charge in [-0.3, -0.25) is 14.4 Å². The van der Waals surface area contributed by atoms with Gasteiger partial charge < -0.3 is 18.7 Å². The molecule has 0 unspecified atom stereocenters. The van der Waals surface area contributed by atoms with Crippen LogP contribution >= 0.6 is 11.6 Å². The van der Waals surface area contributed by atoms with Crippen molar-refractivity contribution in [2.24, 2.45) is 5.92 Å². The third kappa shape index (κ3) is 3.53. The quantitative estimate of drug-likeness (QED) is 0.157. The molecular formula is C28H15ClO8. The number of phenols is 1. The molecule has 1 aliphatic rings. The topological polar surface area (TPSA) is 124 Å². The van der Waals surface area contributed by atoms with Gasteiger partial charge in [0.1, 0.15) is 22.8 Å². The molecule has 0 spiro atoms. The SMILES string of the molecule is O=C1Oc2c(c(=O)oc3ccccc23)[C@H](c2coc3ccc(Cl)cc3c2=O)[C@H]1C(=O)c1ccccc1O. The summed E-state index contributed by atoms with van der Waals surface area (Å²) in [4.78, 5) is 54.1. The van der Waals surface area contributed by atoms with Gasteiger partial charge in [0.15, 0.2) is 17.0 Å². The molecule has 182 valence electrons. The maximum Gasteiger partial charge on any atom is 0.343 e. The van der Waals surface area contributed by atoms with E-state index >= 15 is 0 Å². The summed E-state index contributed by atoms with van der Waals surface area (Å²) in [6.45, 7) is 0. The Kier molecular flexibility index (Phi) is 5.20. The second-order valence-corrected chi connectivity index (χ2v) is 8.98. The van der Waals surface area contributed by atoms with Gasteiger partial charge in [-0.05, 0) is 42.5 Å². The van der Waals surface area contributed by atoms with Crippen LogP contribution in [0.1, 0.15) is 27.4 Å². The van der Waals surface area contributed by atoms with Gasteiger partial charge in [-0.2, -0.15) is 0 Å². The summed E-state index contributed by atoms with van der Waals surface area (Å²) in [5.41, 5.74) is -1.56. The third-order valence-corrected chi connectivity index (χ3v) is 6.68. The zero-order valence-electron chi connectivity index (χ0n) is 18.8. The lowest BCUT2D eigenvalue weighted by Gasteiger charge is -2.30. The van der Waals surface area contributed by atoms with Crippen molar-refractivity contribution in [3.8, 4) is 11.5 Å². The number of ether oxygens (including phenoxy) is 1. The zero-order valence-corrected chi connectivity index (χ0v) is 19.5. The van der Waals surface area contributed by atoms with Crippen LogP contribution in [0.2, 0.25) is 5.02 Å². The number of aromatic hydroxyl groups is 1. The number of Topliss-reactive ketones (excluding diaryl/α,β-unsaturated/α-hetero) is 1. The third-order valence-electron chi connectivity index (χ3n) is 6.45. The summed E-state index contributed by atoms with van der Waals surface area (Å²) in [5, 5.41) is 11.0. The number of hydrogen-bond donors (Lipinski definition) is 1. The molecule has 1 N–H and O–H groups in total. The van der Waals surface area contributed by atoms with Crippen molar-refractivity contribution in [3.05, 3.63) is 115 Å². The van der Waals surface area contributed by atoms with E-state index in [0.29, 0.717) is 5.39 Å². The molecule has 6 rings (SSSR count). The summed E-state index contributed by atoms with van der Waals surface area (Å²) < 4.78 is 16.7. The molecule has 2 atom stereocenters. The van der Waals surface area contributed by atoms with Crippen LogP contribution in [0.3, 0.4) is 0 Å². The second kappa shape index (κ2) is 8.46. The van der Waals surface area contributed by atoms with Crippen molar-refractivity contribution >= 4 is 45.3 Å². The molecule has 0 aliphatic carbocycles. The molecule has 0 saturated heterocycles. The molecule has 3 heterocycles. The minimum atomic E-state index is -1.69. The lowest BCUT2D eigenvalue weighted by Crippen LogP contribution is -2.41. The van der Waals surface area contributed by atoms with Crippen LogP contribution in [0.4, 0.5) is 0 Å². The Morgan fingerprint density at radius 3 is 2.46 bits per heavy atom. The van der Waals surface area contributed by atoms with Gasteiger partial charge in [-0.1, -0.05) is 35.9 Å². The van der Waals surface area contributed by atoms with Crippen LogP contribution in [0, 0.1) is 5.92 Å². The van der Waals surface area contributed by atoms with E-state index in [2.05, 4.69) is 0 Å². The van der Waals surface area contributed by atoms with E-state index in [1.807, 2.05) is 0 Å². The average Bonchev–Trinajstić information content (AvgIpc) is 2.89. The van der Waals surface area contributed by atoms with Crippen molar-refractivity contribution in [3.63, 3.8) is 0 Å². The Morgan fingerprint density at radius 2 is 1.65 bits per heavy atom. The molecule has 8 nitrogen and oxygen atoms in total. The van der Waals surface area contributed by atoms with Gasteiger partial charge in [-0.15, -0.1) is 0 Å². The minimum absolute atomic E-state index is 0.101. The number of hydrogen-bond acceptors (Lipinski definition) is 8. The standard InChI is InChI=1S/C28H15ClO8/c29-13-9-10-19-16(11-13)24(31)17(12-35-19)21-22(25(32)14-5-1-3-7-18(14)30)27(33)37-26-15-6-2-4-8-20(15)36-28(34)23(21)26/h1-12,21-22,30H/t21-,22+/m1/s1. The van der Waals surface area contributed by atoms with E-state index in [9.17, 15) is 24.3 Å². The Hall–Kier alpha value is -4.69. The number of rotatable bonds is 3. The van der Waals surface area contributed by atoms with Crippen LogP contribution in [-0.2, 0) is 4.79 Å². The molecule has 0 amide bonds. The molecular weight excluding hydrogens is 500 g/mol. The van der Waals surface area contributed by atoms with E-state index in [1.54, 1.807) is 24.3 Å². The van der Waals surface area contributed by atoms with Gasteiger partial charge in [0.25, 0.3) is 0 Å². The van der Waals surface area contributed by atoms with E-state index in [0.717, 1.165) is 6.26 Å². The van der Waals surface area contributed by atoms with Gasteiger partial charge in [-0.25, -0.2) is 4.79 Å². The number of benzene rings is 3. The summed E-state index contributed by atoms with van der Waals surface area (Å²) in [6, 6.07) is 16.5. The Balaban J connectivity index is 1.69. The zero-order chi connectivity index (χ0) is 25.8. The molecule has 5 aromatic rings. The van der Waals surface area contributed by atoms with E-state index < -0.39 is 34.6 Å². The van der Waals surface area contributed by atoms with Crippen molar-refractivity contribution in [1.29, 1.82) is 0 Å². The number of carbonyl (C=O) groups is 2. The van der Waals surface area contributed by atoms with Gasteiger partial charge in [0.05, 0.1) is 28.2 Å². The molecule has 9 heteroatoms. The first kappa shape index (κ1) is 22.8. The van der Waals surface area contributed by atoms with Crippen LogP contribution in [-0.4, -0.2) is 16.9 Å². The number of esters is 1. The van der Waals surface area contributed by atoms with Crippen LogP contribution in [0.25, 0.3) is 21.9 Å². The fourth-order valence-corrected chi connectivity index (χ4v) is 4.93. The summed E-state index contributed by atoms with van der Waals surface area (Å²) in [5.74, 6) is -5.42.